The minimum atomic E-state index is -0.438. The first kappa shape index (κ1) is 26.2. The SMILES string of the molecule is COC(=O)C[C@H]1Cc2ccccc2N1C(=O)CC(Cc1ccccc1)NC(=O)C1=Cc2ccccc2CC=C1. The van der Waals surface area contributed by atoms with Crippen molar-refractivity contribution in [2.45, 2.75) is 44.2 Å². The van der Waals surface area contributed by atoms with Crippen LogP contribution in [0.4, 0.5) is 5.69 Å². The molecule has 3 aromatic rings. The highest BCUT2D eigenvalue weighted by molar-refractivity contribution is 6.02. The highest BCUT2D eigenvalue weighted by atomic mass is 16.5. The molecule has 2 amide bonds. The Kier molecular flexibility index (Phi) is 8.02. The summed E-state index contributed by atoms with van der Waals surface area (Å²) < 4.78 is 4.91. The Morgan fingerprint density at radius 2 is 1.67 bits per heavy atom. The van der Waals surface area contributed by atoms with Crippen molar-refractivity contribution in [3.63, 3.8) is 0 Å². The molecule has 0 fully saturated rings. The first-order valence-corrected chi connectivity index (χ1v) is 13.3. The van der Waals surface area contributed by atoms with Crippen molar-refractivity contribution in [3.05, 3.63) is 119 Å². The van der Waals surface area contributed by atoms with Crippen molar-refractivity contribution in [1.82, 2.24) is 5.32 Å². The molecule has 0 spiro atoms. The number of anilines is 1. The minimum Gasteiger partial charge on any atom is -0.469 e. The van der Waals surface area contributed by atoms with Crippen molar-refractivity contribution < 1.29 is 19.1 Å². The summed E-state index contributed by atoms with van der Waals surface area (Å²) in [5.74, 6) is -0.706. The molecule has 0 aromatic heterocycles. The van der Waals surface area contributed by atoms with Crippen LogP contribution >= 0.6 is 0 Å². The summed E-state index contributed by atoms with van der Waals surface area (Å²) in [6.07, 6.45) is 7.80. The van der Waals surface area contributed by atoms with E-state index in [2.05, 4.69) is 11.4 Å². The van der Waals surface area contributed by atoms with Crippen LogP contribution in [0, 0.1) is 0 Å². The second-order valence-electron chi connectivity index (χ2n) is 10.00. The number of hydrogen-bond acceptors (Lipinski definition) is 4. The standard InChI is InChI=1S/C33H32N2O4/c1-39-32(37)22-29-20-26-14-7-8-17-30(26)35(29)31(36)21-28(18-23-10-3-2-4-11-23)34-33(38)27-16-9-15-24-12-5-6-13-25(24)19-27/h2-14,16-17,19,28-29H,15,18,20-22H2,1H3,(H,34,38)/t28?,29-/m1/s1. The van der Waals surface area contributed by atoms with Gasteiger partial charge in [-0.05, 0) is 53.7 Å². The van der Waals surface area contributed by atoms with Gasteiger partial charge < -0.3 is 15.0 Å². The zero-order valence-corrected chi connectivity index (χ0v) is 22.0. The quantitative estimate of drug-likeness (QED) is 0.432. The maximum Gasteiger partial charge on any atom is 0.307 e. The average molecular weight is 521 g/mol. The van der Waals surface area contributed by atoms with E-state index < -0.39 is 6.04 Å². The number of allylic oxidation sites excluding steroid dienone is 1. The molecule has 1 aliphatic carbocycles. The lowest BCUT2D eigenvalue weighted by Crippen LogP contribution is -2.45. The zero-order chi connectivity index (χ0) is 27.2. The number of nitrogens with zero attached hydrogens (tertiary/aromatic N) is 1. The van der Waals surface area contributed by atoms with E-state index in [0.717, 1.165) is 34.4 Å². The fourth-order valence-electron chi connectivity index (χ4n) is 5.42. The number of rotatable bonds is 8. The van der Waals surface area contributed by atoms with Gasteiger partial charge in [-0.2, -0.15) is 0 Å². The van der Waals surface area contributed by atoms with Gasteiger partial charge in [0.2, 0.25) is 5.91 Å². The first-order valence-electron chi connectivity index (χ1n) is 13.3. The molecule has 0 saturated carbocycles. The normalized spacial score (nSPS) is 16.4. The summed E-state index contributed by atoms with van der Waals surface area (Å²) in [6, 6.07) is 24.8. The third-order valence-electron chi connectivity index (χ3n) is 7.32. The molecule has 3 aromatic carbocycles. The molecule has 1 N–H and O–H groups in total. The fourth-order valence-corrected chi connectivity index (χ4v) is 5.42. The lowest BCUT2D eigenvalue weighted by molar-refractivity contribution is -0.141. The predicted molar refractivity (Wildman–Crippen MR) is 152 cm³/mol. The number of carbonyl (C=O) groups excluding carboxylic acids is 3. The molecule has 1 heterocycles. The van der Waals surface area contributed by atoms with Crippen molar-refractivity contribution in [3.8, 4) is 0 Å². The Bertz CT molecular complexity index is 1430. The van der Waals surface area contributed by atoms with Crippen LogP contribution in [0.15, 0.2) is 96.6 Å². The Morgan fingerprint density at radius 1 is 0.949 bits per heavy atom. The molecule has 0 bridgehead atoms. The van der Waals surface area contributed by atoms with Crippen molar-refractivity contribution in [2.24, 2.45) is 0 Å². The number of amides is 2. The molecule has 0 radical (unpaired) electrons. The molecule has 39 heavy (non-hydrogen) atoms. The average Bonchev–Trinajstić information content (AvgIpc) is 3.16. The fraction of sp³-hybridized carbons (Fsp3) is 0.242. The van der Waals surface area contributed by atoms with Crippen molar-refractivity contribution >= 4 is 29.5 Å². The van der Waals surface area contributed by atoms with Gasteiger partial charge in [-0.3, -0.25) is 14.4 Å². The number of benzene rings is 3. The Morgan fingerprint density at radius 3 is 2.46 bits per heavy atom. The topological polar surface area (TPSA) is 75.7 Å². The number of methoxy groups -OCH3 is 1. The van der Waals surface area contributed by atoms with Gasteiger partial charge >= 0.3 is 5.97 Å². The van der Waals surface area contributed by atoms with E-state index in [-0.39, 0.29) is 36.7 Å². The highest BCUT2D eigenvalue weighted by Crippen LogP contribution is 2.34. The second kappa shape index (κ2) is 11.9. The maximum absolute atomic E-state index is 13.9. The summed E-state index contributed by atoms with van der Waals surface area (Å²) in [5.41, 5.74) is 5.60. The number of esters is 1. The molecule has 2 aliphatic rings. The van der Waals surface area contributed by atoms with E-state index in [1.165, 1.54) is 7.11 Å². The minimum absolute atomic E-state index is 0.0974. The largest absolute Gasteiger partial charge is 0.469 e. The van der Waals surface area contributed by atoms with Crippen LogP contribution in [0.3, 0.4) is 0 Å². The molecular formula is C33H32N2O4. The third-order valence-corrected chi connectivity index (χ3v) is 7.32. The predicted octanol–water partition coefficient (Wildman–Crippen LogP) is 4.82. The number of hydrogen-bond donors (Lipinski definition) is 1. The van der Waals surface area contributed by atoms with Gasteiger partial charge in [0, 0.05) is 23.7 Å². The van der Waals surface area contributed by atoms with Gasteiger partial charge in [0.25, 0.3) is 5.91 Å². The summed E-state index contributed by atoms with van der Waals surface area (Å²) in [4.78, 5) is 41.2. The Labute approximate surface area is 229 Å². The smallest absolute Gasteiger partial charge is 0.307 e. The summed E-state index contributed by atoms with van der Waals surface area (Å²) >= 11 is 0. The van der Waals surface area contributed by atoms with E-state index in [4.69, 9.17) is 4.74 Å². The molecular weight excluding hydrogens is 488 g/mol. The zero-order valence-electron chi connectivity index (χ0n) is 22.0. The monoisotopic (exact) mass is 520 g/mol. The maximum atomic E-state index is 13.9. The van der Waals surface area contributed by atoms with E-state index in [9.17, 15) is 14.4 Å². The highest BCUT2D eigenvalue weighted by Gasteiger charge is 2.36. The van der Waals surface area contributed by atoms with Crippen molar-refractivity contribution in [1.29, 1.82) is 0 Å². The lowest BCUT2D eigenvalue weighted by atomic mass is 10.0. The van der Waals surface area contributed by atoms with Gasteiger partial charge in [0.1, 0.15) is 0 Å². The van der Waals surface area contributed by atoms with E-state index in [1.807, 2.05) is 91.0 Å². The van der Waals surface area contributed by atoms with Crippen LogP contribution in [-0.4, -0.2) is 37.0 Å². The van der Waals surface area contributed by atoms with E-state index in [0.29, 0.717) is 18.4 Å². The van der Waals surface area contributed by atoms with E-state index in [1.54, 1.807) is 4.90 Å². The van der Waals surface area contributed by atoms with Gasteiger partial charge in [0.15, 0.2) is 0 Å². The number of carbonyl (C=O) groups is 3. The molecule has 198 valence electrons. The van der Waals surface area contributed by atoms with Gasteiger partial charge in [-0.15, -0.1) is 0 Å². The number of fused-ring (bicyclic) bond motifs is 2. The van der Waals surface area contributed by atoms with Gasteiger partial charge in [-0.25, -0.2) is 0 Å². The van der Waals surface area contributed by atoms with Crippen LogP contribution in [0.2, 0.25) is 0 Å². The molecule has 6 heteroatoms. The molecule has 5 rings (SSSR count). The molecule has 2 atom stereocenters. The summed E-state index contributed by atoms with van der Waals surface area (Å²) in [6.45, 7) is 0. The summed E-state index contributed by atoms with van der Waals surface area (Å²) in [5, 5.41) is 3.14. The van der Waals surface area contributed by atoms with Crippen LogP contribution in [-0.2, 0) is 38.4 Å². The van der Waals surface area contributed by atoms with Crippen LogP contribution < -0.4 is 10.2 Å². The van der Waals surface area contributed by atoms with E-state index >= 15 is 0 Å². The van der Waals surface area contributed by atoms with Crippen LogP contribution in [0.25, 0.3) is 6.08 Å². The van der Waals surface area contributed by atoms with Crippen LogP contribution in [0.1, 0.15) is 35.1 Å². The summed E-state index contributed by atoms with van der Waals surface area (Å²) in [7, 11) is 1.36. The molecule has 1 aliphatic heterocycles. The first-order chi connectivity index (χ1) is 19.0. The van der Waals surface area contributed by atoms with Gasteiger partial charge in [-0.1, -0.05) is 84.9 Å². The lowest BCUT2D eigenvalue weighted by Gasteiger charge is -2.28. The molecule has 1 unspecified atom stereocenters. The van der Waals surface area contributed by atoms with Crippen LogP contribution in [0.5, 0.6) is 0 Å². The molecule has 0 saturated heterocycles. The second-order valence-corrected chi connectivity index (χ2v) is 10.00. The van der Waals surface area contributed by atoms with Gasteiger partial charge in [0.05, 0.1) is 19.6 Å². The molecule has 6 nitrogen and oxygen atoms in total. The number of nitrogens with one attached hydrogen (secondary N) is 1. The number of para-hydroxylation sites is 1. The Balaban J connectivity index is 1.39. The number of ether oxygens (including phenoxy) is 1. The van der Waals surface area contributed by atoms with Crippen molar-refractivity contribution in [2.75, 3.05) is 12.0 Å². The Hall–Kier alpha value is -4.45. The third kappa shape index (κ3) is 6.17.